The molecule has 0 unspecified atom stereocenters. The summed E-state index contributed by atoms with van der Waals surface area (Å²) >= 11 is 1.59. The number of anilines is 3. The number of carbonyl (C=O) groups is 1. The van der Waals surface area contributed by atoms with Gasteiger partial charge < -0.3 is 14.7 Å². The predicted molar refractivity (Wildman–Crippen MR) is 110 cm³/mol. The number of carbonyl (C=O) groups excluding carboxylic acids is 1. The van der Waals surface area contributed by atoms with Crippen molar-refractivity contribution >= 4 is 45.1 Å². The van der Waals surface area contributed by atoms with Gasteiger partial charge in [-0.1, -0.05) is 25.6 Å². The number of nitrogens with one attached hydrogen (secondary N) is 2. The van der Waals surface area contributed by atoms with Gasteiger partial charge in [0.2, 0.25) is 17.7 Å². The van der Waals surface area contributed by atoms with Crippen LogP contribution < -0.4 is 10.6 Å². The van der Waals surface area contributed by atoms with E-state index >= 15 is 0 Å². The molecule has 1 fully saturated rings. The van der Waals surface area contributed by atoms with Crippen molar-refractivity contribution in [2.45, 2.75) is 19.8 Å². The summed E-state index contributed by atoms with van der Waals surface area (Å²) in [5, 5.41) is 12.5. The van der Waals surface area contributed by atoms with E-state index in [1.165, 1.54) is 6.08 Å². The minimum atomic E-state index is -0.0155. The lowest BCUT2D eigenvalue weighted by molar-refractivity contribution is -0.131. The van der Waals surface area contributed by atoms with Gasteiger partial charge in [0.1, 0.15) is 5.82 Å². The molecule has 1 saturated heterocycles. The molecule has 1 aliphatic heterocycles. The van der Waals surface area contributed by atoms with Gasteiger partial charge in [0.05, 0.1) is 15.9 Å². The number of aromatic nitrogens is 3. The topological polar surface area (TPSA) is 96.2 Å². The number of fused-ring (bicyclic) bond motifs is 1. The number of hydrogen-bond acceptors (Lipinski definition) is 8. The molecule has 0 radical (unpaired) electrons. The molecule has 8 nitrogen and oxygen atoms in total. The molecule has 0 aliphatic carbocycles. The number of amides is 1. The molecule has 146 valence electrons. The van der Waals surface area contributed by atoms with Gasteiger partial charge in [-0.2, -0.15) is 4.98 Å². The highest BCUT2D eigenvalue weighted by molar-refractivity contribution is 7.17. The zero-order chi connectivity index (χ0) is 19.7. The van der Waals surface area contributed by atoms with Crippen molar-refractivity contribution in [2.75, 3.05) is 30.3 Å². The monoisotopic (exact) mass is 398 g/mol. The molecule has 9 heteroatoms. The highest BCUT2D eigenvalue weighted by Crippen LogP contribution is 2.29. The van der Waals surface area contributed by atoms with Crippen LogP contribution in [0.3, 0.4) is 0 Å². The molecule has 2 N–H and O–H groups in total. The molecule has 0 aromatic carbocycles. The maximum atomic E-state index is 11.6. The van der Waals surface area contributed by atoms with Crippen LogP contribution in [0.25, 0.3) is 10.2 Å². The Labute approximate surface area is 166 Å². The third-order valence-electron chi connectivity index (χ3n) is 4.66. The number of nitrogens with zero attached hydrogens (tertiary/aromatic N) is 4. The lowest BCUT2D eigenvalue weighted by atomic mass is 10.00. The van der Waals surface area contributed by atoms with Gasteiger partial charge >= 0.3 is 0 Å². The average molecular weight is 398 g/mol. The average Bonchev–Trinajstić information content (AvgIpc) is 3.29. The molecule has 0 saturated carbocycles. The third kappa shape index (κ3) is 3.70. The number of likely N-dealkylation sites (tertiary alicyclic amines) is 1. The van der Waals surface area contributed by atoms with E-state index in [2.05, 4.69) is 46.2 Å². The van der Waals surface area contributed by atoms with E-state index in [1.54, 1.807) is 16.2 Å². The highest BCUT2D eigenvalue weighted by atomic mass is 32.1. The minimum Gasteiger partial charge on any atom is -0.368 e. The van der Waals surface area contributed by atoms with Crippen molar-refractivity contribution in [3.8, 4) is 0 Å². The highest BCUT2D eigenvalue weighted by Gasteiger charge is 2.29. The van der Waals surface area contributed by atoms with E-state index in [0.717, 1.165) is 41.4 Å². The van der Waals surface area contributed by atoms with E-state index < -0.39 is 0 Å². The van der Waals surface area contributed by atoms with Crippen molar-refractivity contribution < 1.29 is 9.32 Å². The van der Waals surface area contributed by atoms with E-state index in [1.807, 2.05) is 17.5 Å². The lowest BCUT2D eigenvalue weighted by Crippen LogP contribution is -2.51. The van der Waals surface area contributed by atoms with Gasteiger partial charge in [-0.25, -0.2) is 4.98 Å². The molecule has 0 bridgehead atoms. The fourth-order valence-electron chi connectivity index (χ4n) is 3.02. The lowest BCUT2D eigenvalue weighted by Gasteiger charge is -2.38. The molecule has 4 rings (SSSR count). The SMILES string of the molecule is C=CC(=O)N1CC(CNc2nc(Nc3cc(C(C)C)no3)nc3ccsc23)C1. The van der Waals surface area contributed by atoms with E-state index in [4.69, 9.17) is 4.52 Å². The van der Waals surface area contributed by atoms with Crippen molar-refractivity contribution in [1.29, 1.82) is 0 Å². The van der Waals surface area contributed by atoms with Crippen molar-refractivity contribution in [3.05, 3.63) is 35.9 Å². The number of thiophene rings is 1. The molecule has 1 amide bonds. The summed E-state index contributed by atoms with van der Waals surface area (Å²) in [5.41, 5.74) is 1.74. The quantitative estimate of drug-likeness (QED) is 0.587. The first-order chi connectivity index (χ1) is 13.5. The summed E-state index contributed by atoms with van der Waals surface area (Å²) < 4.78 is 6.33. The Morgan fingerprint density at radius 3 is 3.00 bits per heavy atom. The van der Waals surface area contributed by atoms with Crippen LogP contribution in [0.15, 0.2) is 34.7 Å². The standard InChI is InChI=1S/C19H22N6O2S/c1-4-16(26)25-9-12(10-25)8-20-18-17-13(5-6-28-17)21-19(23-18)22-15-7-14(11(2)3)24-27-15/h4-7,11-12H,1,8-10H2,2-3H3,(H2,20,21,22,23). The largest absolute Gasteiger partial charge is 0.368 e. The van der Waals surface area contributed by atoms with Crippen LogP contribution in [-0.4, -0.2) is 45.6 Å². The van der Waals surface area contributed by atoms with Crippen LogP contribution in [0.2, 0.25) is 0 Å². The minimum absolute atomic E-state index is 0.0155. The first kappa shape index (κ1) is 18.4. The normalized spacial score (nSPS) is 14.3. The molecule has 0 atom stereocenters. The summed E-state index contributed by atoms with van der Waals surface area (Å²) in [4.78, 5) is 22.5. The zero-order valence-electron chi connectivity index (χ0n) is 15.8. The molecular weight excluding hydrogens is 376 g/mol. The van der Waals surface area contributed by atoms with Crippen LogP contribution in [-0.2, 0) is 4.79 Å². The van der Waals surface area contributed by atoms with Gasteiger partial charge in [-0.15, -0.1) is 11.3 Å². The van der Waals surface area contributed by atoms with Gasteiger partial charge in [0, 0.05) is 31.6 Å². The molecular formula is C19H22N6O2S. The van der Waals surface area contributed by atoms with Crippen molar-refractivity contribution in [2.24, 2.45) is 5.92 Å². The maximum absolute atomic E-state index is 11.6. The molecule has 4 heterocycles. The molecule has 28 heavy (non-hydrogen) atoms. The molecule has 1 aliphatic rings. The molecule has 0 spiro atoms. The first-order valence-electron chi connectivity index (χ1n) is 9.17. The van der Waals surface area contributed by atoms with Crippen LogP contribution in [0.4, 0.5) is 17.7 Å². The Morgan fingerprint density at radius 2 is 2.29 bits per heavy atom. The zero-order valence-corrected chi connectivity index (χ0v) is 16.6. The Balaban J connectivity index is 1.46. The van der Waals surface area contributed by atoms with Crippen LogP contribution in [0.1, 0.15) is 25.5 Å². The second-order valence-corrected chi connectivity index (χ2v) is 8.04. The van der Waals surface area contributed by atoms with Crippen LogP contribution in [0, 0.1) is 5.92 Å². The fourth-order valence-corrected chi connectivity index (χ4v) is 3.82. The van der Waals surface area contributed by atoms with Crippen molar-refractivity contribution in [1.82, 2.24) is 20.0 Å². The third-order valence-corrected chi connectivity index (χ3v) is 5.57. The first-order valence-corrected chi connectivity index (χ1v) is 10.1. The van der Waals surface area contributed by atoms with Gasteiger partial charge in [-0.05, 0) is 23.4 Å². The van der Waals surface area contributed by atoms with Crippen LogP contribution >= 0.6 is 11.3 Å². The van der Waals surface area contributed by atoms with E-state index in [9.17, 15) is 4.79 Å². The maximum Gasteiger partial charge on any atom is 0.245 e. The Morgan fingerprint density at radius 1 is 1.46 bits per heavy atom. The Kier molecular flexibility index (Phi) is 4.99. The van der Waals surface area contributed by atoms with Gasteiger partial charge in [0.15, 0.2) is 0 Å². The van der Waals surface area contributed by atoms with E-state index in [-0.39, 0.29) is 11.8 Å². The summed E-state index contributed by atoms with van der Waals surface area (Å²) in [7, 11) is 0. The number of rotatable bonds is 7. The van der Waals surface area contributed by atoms with Crippen molar-refractivity contribution in [3.63, 3.8) is 0 Å². The number of hydrogen-bond donors (Lipinski definition) is 2. The molecule has 3 aromatic rings. The second-order valence-electron chi connectivity index (χ2n) is 7.12. The summed E-state index contributed by atoms with van der Waals surface area (Å²) in [6, 6.07) is 3.82. The summed E-state index contributed by atoms with van der Waals surface area (Å²) in [5.74, 6) is 2.41. The smallest absolute Gasteiger partial charge is 0.245 e. The fraction of sp³-hybridized carbons (Fsp3) is 0.368. The Hall–Kier alpha value is -2.94. The predicted octanol–water partition coefficient (Wildman–Crippen LogP) is 3.60. The molecule has 3 aromatic heterocycles. The second kappa shape index (κ2) is 7.59. The van der Waals surface area contributed by atoms with Gasteiger partial charge in [-0.3, -0.25) is 10.1 Å². The van der Waals surface area contributed by atoms with E-state index in [0.29, 0.717) is 17.8 Å². The summed E-state index contributed by atoms with van der Waals surface area (Å²) in [6.07, 6.45) is 1.36. The van der Waals surface area contributed by atoms with Gasteiger partial charge in [0.25, 0.3) is 0 Å². The van der Waals surface area contributed by atoms with Crippen LogP contribution in [0.5, 0.6) is 0 Å². The Bertz CT molecular complexity index is 1000. The summed E-state index contributed by atoms with van der Waals surface area (Å²) in [6.45, 7) is 9.85.